The van der Waals surface area contributed by atoms with Crippen molar-refractivity contribution in [2.75, 3.05) is 11.9 Å². The SMILES string of the molecule is C/C=C/C(=O)Nc1nc2c(s1)CNCC2. The van der Waals surface area contributed by atoms with Gasteiger partial charge in [0.25, 0.3) is 0 Å². The largest absolute Gasteiger partial charge is 0.311 e. The molecule has 1 aliphatic heterocycles. The Balaban J connectivity index is 2.09. The van der Waals surface area contributed by atoms with Crippen LogP contribution >= 0.6 is 11.3 Å². The van der Waals surface area contributed by atoms with Crippen LogP contribution in [-0.2, 0) is 17.8 Å². The van der Waals surface area contributed by atoms with Gasteiger partial charge in [-0.15, -0.1) is 11.3 Å². The molecule has 0 atom stereocenters. The number of hydrogen-bond donors (Lipinski definition) is 2. The van der Waals surface area contributed by atoms with Crippen LogP contribution in [0.4, 0.5) is 5.13 Å². The zero-order valence-corrected chi connectivity index (χ0v) is 9.36. The number of amides is 1. The zero-order valence-electron chi connectivity index (χ0n) is 8.54. The molecule has 15 heavy (non-hydrogen) atoms. The summed E-state index contributed by atoms with van der Waals surface area (Å²) in [7, 11) is 0. The molecular formula is C10H13N3OS. The third kappa shape index (κ3) is 2.43. The molecule has 0 fully saturated rings. The van der Waals surface area contributed by atoms with Crippen LogP contribution < -0.4 is 10.6 Å². The predicted molar refractivity (Wildman–Crippen MR) is 61.0 cm³/mol. The van der Waals surface area contributed by atoms with E-state index in [2.05, 4.69) is 15.6 Å². The smallest absolute Gasteiger partial charge is 0.249 e. The van der Waals surface area contributed by atoms with Gasteiger partial charge in [-0.1, -0.05) is 6.08 Å². The van der Waals surface area contributed by atoms with Crippen molar-refractivity contribution >= 4 is 22.4 Å². The zero-order chi connectivity index (χ0) is 10.7. The van der Waals surface area contributed by atoms with Gasteiger partial charge in [0.2, 0.25) is 5.91 Å². The van der Waals surface area contributed by atoms with Gasteiger partial charge in [-0.2, -0.15) is 0 Å². The van der Waals surface area contributed by atoms with Gasteiger partial charge in [-0.25, -0.2) is 4.98 Å². The lowest BCUT2D eigenvalue weighted by molar-refractivity contribution is -0.111. The average Bonchev–Trinajstić information content (AvgIpc) is 2.59. The molecular weight excluding hydrogens is 210 g/mol. The van der Waals surface area contributed by atoms with E-state index in [-0.39, 0.29) is 5.91 Å². The lowest BCUT2D eigenvalue weighted by Gasteiger charge is -2.09. The van der Waals surface area contributed by atoms with Gasteiger partial charge in [0, 0.05) is 24.4 Å². The van der Waals surface area contributed by atoms with Crippen molar-refractivity contribution in [1.82, 2.24) is 10.3 Å². The van der Waals surface area contributed by atoms with Gasteiger partial charge in [-0.3, -0.25) is 10.1 Å². The van der Waals surface area contributed by atoms with Gasteiger partial charge in [0.15, 0.2) is 5.13 Å². The summed E-state index contributed by atoms with van der Waals surface area (Å²) < 4.78 is 0. The molecule has 1 aromatic rings. The fraction of sp³-hybridized carbons (Fsp3) is 0.400. The molecule has 2 rings (SSSR count). The van der Waals surface area contributed by atoms with Gasteiger partial charge in [0.1, 0.15) is 0 Å². The molecule has 1 aromatic heterocycles. The second-order valence-electron chi connectivity index (χ2n) is 3.30. The van der Waals surface area contributed by atoms with Crippen LogP contribution in [0.25, 0.3) is 0 Å². The lowest BCUT2D eigenvalue weighted by atomic mass is 10.2. The molecule has 0 aromatic carbocycles. The summed E-state index contributed by atoms with van der Waals surface area (Å²) >= 11 is 1.55. The highest BCUT2D eigenvalue weighted by atomic mass is 32.1. The Morgan fingerprint density at radius 3 is 3.27 bits per heavy atom. The fourth-order valence-corrected chi connectivity index (χ4v) is 2.46. The molecule has 0 bridgehead atoms. The fourth-order valence-electron chi connectivity index (χ4n) is 1.48. The molecule has 1 aliphatic rings. The van der Waals surface area contributed by atoms with Crippen LogP contribution in [0.1, 0.15) is 17.5 Å². The number of hydrogen-bond acceptors (Lipinski definition) is 4. The minimum absolute atomic E-state index is 0.114. The minimum atomic E-state index is -0.114. The average molecular weight is 223 g/mol. The Labute approximate surface area is 92.4 Å². The number of carbonyl (C=O) groups excluding carboxylic acids is 1. The number of carbonyl (C=O) groups is 1. The van der Waals surface area contributed by atoms with E-state index in [0.717, 1.165) is 25.2 Å². The predicted octanol–water partition coefficient (Wildman–Crippen LogP) is 1.30. The quantitative estimate of drug-likeness (QED) is 0.743. The first-order valence-corrected chi connectivity index (χ1v) is 5.74. The molecule has 1 amide bonds. The molecule has 0 saturated heterocycles. The van der Waals surface area contributed by atoms with E-state index >= 15 is 0 Å². The van der Waals surface area contributed by atoms with Crippen molar-refractivity contribution in [1.29, 1.82) is 0 Å². The summed E-state index contributed by atoms with van der Waals surface area (Å²) in [6, 6.07) is 0. The van der Waals surface area contributed by atoms with Gasteiger partial charge in [-0.05, 0) is 13.0 Å². The normalized spacial score (nSPS) is 15.3. The highest BCUT2D eigenvalue weighted by molar-refractivity contribution is 7.15. The summed E-state index contributed by atoms with van der Waals surface area (Å²) in [5.74, 6) is -0.114. The first kappa shape index (κ1) is 10.3. The third-order valence-corrected chi connectivity index (χ3v) is 3.16. The Bertz CT molecular complexity index is 374. The van der Waals surface area contributed by atoms with E-state index in [1.165, 1.54) is 11.0 Å². The summed E-state index contributed by atoms with van der Waals surface area (Å²) in [5, 5.41) is 6.73. The van der Waals surface area contributed by atoms with E-state index in [1.54, 1.807) is 17.4 Å². The number of nitrogens with one attached hydrogen (secondary N) is 2. The Kier molecular flexibility index (Phi) is 3.13. The van der Waals surface area contributed by atoms with Gasteiger partial charge >= 0.3 is 0 Å². The molecule has 0 aliphatic carbocycles. The van der Waals surface area contributed by atoms with Crippen LogP contribution in [0, 0.1) is 0 Å². The maximum atomic E-state index is 11.3. The number of allylic oxidation sites excluding steroid dienone is 1. The molecule has 2 N–H and O–H groups in total. The molecule has 0 saturated carbocycles. The lowest BCUT2D eigenvalue weighted by Crippen LogP contribution is -2.22. The second-order valence-corrected chi connectivity index (χ2v) is 4.39. The standard InChI is InChI=1S/C10H13N3OS/c1-2-3-9(14)13-10-12-7-4-5-11-6-8(7)15-10/h2-3,11H,4-6H2,1H3,(H,12,13,14)/b3-2+. The van der Waals surface area contributed by atoms with E-state index in [4.69, 9.17) is 0 Å². The Morgan fingerprint density at radius 1 is 1.67 bits per heavy atom. The first-order valence-electron chi connectivity index (χ1n) is 4.92. The van der Waals surface area contributed by atoms with Crippen LogP contribution in [0.15, 0.2) is 12.2 Å². The number of thiazole rings is 1. The number of nitrogens with zero attached hydrogens (tertiary/aromatic N) is 1. The number of fused-ring (bicyclic) bond motifs is 1. The number of anilines is 1. The topological polar surface area (TPSA) is 54.0 Å². The minimum Gasteiger partial charge on any atom is -0.311 e. The van der Waals surface area contributed by atoms with E-state index in [0.29, 0.717) is 5.13 Å². The van der Waals surface area contributed by atoms with E-state index in [9.17, 15) is 4.79 Å². The first-order chi connectivity index (χ1) is 7.29. The van der Waals surface area contributed by atoms with E-state index in [1.807, 2.05) is 6.92 Å². The second kappa shape index (κ2) is 4.55. The summed E-state index contributed by atoms with van der Waals surface area (Å²) in [6.45, 7) is 3.65. The summed E-state index contributed by atoms with van der Waals surface area (Å²) in [4.78, 5) is 16.9. The summed E-state index contributed by atoms with van der Waals surface area (Å²) in [6.07, 6.45) is 4.16. The van der Waals surface area contributed by atoms with E-state index < -0.39 is 0 Å². The maximum absolute atomic E-state index is 11.3. The Hall–Kier alpha value is -1.20. The Morgan fingerprint density at radius 2 is 2.53 bits per heavy atom. The van der Waals surface area contributed by atoms with Crippen molar-refractivity contribution in [3.8, 4) is 0 Å². The molecule has 80 valence electrons. The monoisotopic (exact) mass is 223 g/mol. The summed E-state index contributed by atoms with van der Waals surface area (Å²) in [5.41, 5.74) is 1.12. The van der Waals surface area contributed by atoms with Crippen molar-refractivity contribution in [2.24, 2.45) is 0 Å². The molecule has 4 nitrogen and oxygen atoms in total. The van der Waals surface area contributed by atoms with Crippen LogP contribution in [0.3, 0.4) is 0 Å². The van der Waals surface area contributed by atoms with Crippen molar-refractivity contribution < 1.29 is 4.79 Å². The van der Waals surface area contributed by atoms with Crippen LogP contribution in [0.2, 0.25) is 0 Å². The van der Waals surface area contributed by atoms with Crippen LogP contribution in [0.5, 0.6) is 0 Å². The molecule has 5 heteroatoms. The van der Waals surface area contributed by atoms with Crippen LogP contribution in [-0.4, -0.2) is 17.4 Å². The third-order valence-electron chi connectivity index (χ3n) is 2.15. The van der Waals surface area contributed by atoms with Gasteiger partial charge < -0.3 is 5.32 Å². The maximum Gasteiger partial charge on any atom is 0.249 e. The molecule has 2 heterocycles. The van der Waals surface area contributed by atoms with Gasteiger partial charge in [0.05, 0.1) is 5.69 Å². The number of rotatable bonds is 2. The van der Waals surface area contributed by atoms with Crippen molar-refractivity contribution in [3.05, 3.63) is 22.7 Å². The number of aromatic nitrogens is 1. The molecule has 0 spiro atoms. The molecule has 0 radical (unpaired) electrons. The van der Waals surface area contributed by atoms with Crippen molar-refractivity contribution in [3.63, 3.8) is 0 Å². The highest BCUT2D eigenvalue weighted by Gasteiger charge is 2.15. The highest BCUT2D eigenvalue weighted by Crippen LogP contribution is 2.25. The van der Waals surface area contributed by atoms with Crippen molar-refractivity contribution in [2.45, 2.75) is 19.9 Å². The molecule has 0 unspecified atom stereocenters.